The van der Waals surface area contributed by atoms with Gasteiger partial charge in [-0.3, -0.25) is 0 Å². The van der Waals surface area contributed by atoms with E-state index in [1.165, 1.54) is 0 Å². The molecule has 2 amide bonds. The number of carbonyl (C=O) groups excluding carboxylic acids is 2. The lowest BCUT2D eigenvalue weighted by Gasteiger charge is -2.25. The van der Waals surface area contributed by atoms with Crippen molar-refractivity contribution in [3.05, 3.63) is 0 Å². The minimum Gasteiger partial charge on any atom is -0.449 e. The average Bonchev–Trinajstić information content (AvgIpc) is 2.15. The van der Waals surface area contributed by atoms with Crippen LogP contribution in [0.3, 0.4) is 0 Å². The molecule has 0 aliphatic carbocycles. The third kappa shape index (κ3) is 6.81. The number of amides is 2. The van der Waals surface area contributed by atoms with Crippen LogP contribution < -0.4 is 0 Å². The smallest absolute Gasteiger partial charge is 0.419 e. The molecule has 0 aliphatic rings. The van der Waals surface area contributed by atoms with Gasteiger partial charge >= 0.3 is 12.2 Å². The topological polar surface area (TPSA) is 55.8 Å². The summed E-state index contributed by atoms with van der Waals surface area (Å²) in [5, 5.41) is 0. The van der Waals surface area contributed by atoms with Gasteiger partial charge in [-0.2, -0.15) is 0 Å². The second kappa shape index (κ2) is 7.14. The van der Waals surface area contributed by atoms with Crippen LogP contribution >= 0.6 is 0 Å². The molecule has 17 heavy (non-hydrogen) atoms. The average molecular weight is 245 g/mol. The summed E-state index contributed by atoms with van der Waals surface area (Å²) >= 11 is 0. The van der Waals surface area contributed by atoms with Gasteiger partial charge in [-0.1, -0.05) is 13.3 Å². The normalized spacial score (nSPS) is 10.9. The molecule has 0 rings (SSSR count). The van der Waals surface area contributed by atoms with Crippen LogP contribution in [0.5, 0.6) is 0 Å². The Morgan fingerprint density at radius 3 is 2.12 bits per heavy atom. The van der Waals surface area contributed by atoms with Crippen molar-refractivity contribution in [1.82, 2.24) is 4.90 Å². The van der Waals surface area contributed by atoms with Crippen LogP contribution in [-0.2, 0) is 9.47 Å². The van der Waals surface area contributed by atoms with Crippen molar-refractivity contribution in [3.8, 4) is 0 Å². The Morgan fingerprint density at radius 2 is 1.71 bits per heavy atom. The second-order valence-corrected chi connectivity index (χ2v) is 4.68. The summed E-state index contributed by atoms with van der Waals surface area (Å²) in [4.78, 5) is 24.4. The number of unbranched alkanes of at least 4 members (excludes halogenated alkanes) is 1. The van der Waals surface area contributed by atoms with Crippen molar-refractivity contribution >= 4 is 12.2 Å². The zero-order valence-electron chi connectivity index (χ0n) is 11.4. The van der Waals surface area contributed by atoms with Crippen molar-refractivity contribution in [2.24, 2.45) is 0 Å². The van der Waals surface area contributed by atoms with Gasteiger partial charge < -0.3 is 9.47 Å². The molecule has 100 valence electrons. The highest BCUT2D eigenvalue weighted by Crippen LogP contribution is 2.11. The molecule has 0 N–H and O–H groups in total. The molecule has 0 atom stereocenters. The van der Waals surface area contributed by atoms with Gasteiger partial charge in [-0.25, -0.2) is 14.5 Å². The van der Waals surface area contributed by atoms with Gasteiger partial charge in [0.15, 0.2) is 0 Å². The minimum atomic E-state index is -0.649. The number of hydrogen-bond acceptors (Lipinski definition) is 4. The maximum absolute atomic E-state index is 11.8. The third-order valence-corrected chi connectivity index (χ3v) is 1.84. The highest BCUT2D eigenvalue weighted by atomic mass is 16.6. The van der Waals surface area contributed by atoms with Crippen molar-refractivity contribution in [2.75, 3.05) is 13.2 Å². The lowest BCUT2D eigenvalue weighted by Crippen LogP contribution is -2.41. The molecule has 0 bridgehead atoms. The van der Waals surface area contributed by atoms with Crippen molar-refractivity contribution < 1.29 is 19.1 Å². The molecule has 0 fully saturated rings. The van der Waals surface area contributed by atoms with Gasteiger partial charge in [-0.15, -0.1) is 0 Å². The molecule has 5 heteroatoms. The number of imide groups is 1. The lowest BCUT2D eigenvalue weighted by atomic mass is 10.2. The van der Waals surface area contributed by atoms with E-state index in [0.717, 1.165) is 17.7 Å². The first-order chi connectivity index (χ1) is 7.81. The van der Waals surface area contributed by atoms with Crippen LogP contribution in [0, 0.1) is 0 Å². The predicted molar refractivity (Wildman–Crippen MR) is 64.9 cm³/mol. The summed E-state index contributed by atoms with van der Waals surface area (Å²) < 4.78 is 9.97. The number of nitrogens with zero attached hydrogens (tertiary/aromatic N) is 1. The molecule has 0 aromatic carbocycles. The number of ether oxygens (including phenoxy) is 2. The second-order valence-electron chi connectivity index (χ2n) is 4.68. The van der Waals surface area contributed by atoms with E-state index in [1.807, 2.05) is 6.92 Å². The Labute approximate surface area is 103 Å². The Morgan fingerprint density at radius 1 is 1.12 bits per heavy atom. The highest BCUT2D eigenvalue weighted by Gasteiger charge is 2.27. The molecule has 0 aromatic heterocycles. The molecule has 0 aromatic rings. The fourth-order valence-electron chi connectivity index (χ4n) is 1.09. The number of carbonyl (C=O) groups is 2. The van der Waals surface area contributed by atoms with Gasteiger partial charge in [0.1, 0.15) is 5.60 Å². The Bertz CT molecular complexity index is 258. The molecule has 0 saturated carbocycles. The van der Waals surface area contributed by atoms with Crippen LogP contribution in [0.25, 0.3) is 0 Å². The quantitative estimate of drug-likeness (QED) is 0.763. The molecule has 0 heterocycles. The fraction of sp³-hybridized carbons (Fsp3) is 0.833. The van der Waals surface area contributed by atoms with E-state index in [-0.39, 0.29) is 6.61 Å². The first-order valence-electron chi connectivity index (χ1n) is 5.99. The van der Waals surface area contributed by atoms with E-state index in [0.29, 0.717) is 6.54 Å². The maximum Gasteiger partial charge on any atom is 0.419 e. The van der Waals surface area contributed by atoms with Crippen molar-refractivity contribution in [2.45, 2.75) is 53.1 Å². The monoisotopic (exact) mass is 245 g/mol. The SMILES string of the molecule is CCCCN(C(=O)OCC)C(=O)OC(C)(C)C. The first-order valence-corrected chi connectivity index (χ1v) is 5.99. The van der Waals surface area contributed by atoms with Crippen LogP contribution in [0.15, 0.2) is 0 Å². The molecule has 0 radical (unpaired) electrons. The molecule has 0 spiro atoms. The summed E-state index contributed by atoms with van der Waals surface area (Å²) in [7, 11) is 0. The molecule has 0 unspecified atom stereocenters. The number of rotatable bonds is 4. The van der Waals surface area contributed by atoms with Gasteiger partial charge in [-0.05, 0) is 34.1 Å². The van der Waals surface area contributed by atoms with E-state index < -0.39 is 17.8 Å². The highest BCUT2D eigenvalue weighted by molar-refractivity contribution is 5.87. The van der Waals surface area contributed by atoms with Crippen LogP contribution in [0.1, 0.15) is 47.5 Å². The van der Waals surface area contributed by atoms with Crippen molar-refractivity contribution in [3.63, 3.8) is 0 Å². The maximum atomic E-state index is 11.8. The molecule has 5 nitrogen and oxygen atoms in total. The predicted octanol–water partition coefficient (Wildman–Crippen LogP) is 3.18. The summed E-state index contributed by atoms with van der Waals surface area (Å²) in [5.41, 5.74) is -0.617. The molecule has 0 aliphatic heterocycles. The van der Waals surface area contributed by atoms with Crippen molar-refractivity contribution in [1.29, 1.82) is 0 Å². The Balaban J connectivity index is 4.55. The summed E-state index contributed by atoms with van der Waals surface area (Å²) in [6, 6.07) is 0. The van der Waals surface area contributed by atoms with Crippen LogP contribution in [0.4, 0.5) is 9.59 Å². The first kappa shape index (κ1) is 15.7. The third-order valence-electron chi connectivity index (χ3n) is 1.84. The Hall–Kier alpha value is -1.26. The van der Waals surface area contributed by atoms with E-state index in [4.69, 9.17) is 9.47 Å². The van der Waals surface area contributed by atoms with E-state index in [9.17, 15) is 9.59 Å². The fourth-order valence-corrected chi connectivity index (χ4v) is 1.09. The Kier molecular flexibility index (Phi) is 6.61. The van der Waals surface area contributed by atoms with Gasteiger partial charge in [0.05, 0.1) is 6.61 Å². The van der Waals surface area contributed by atoms with Crippen LogP contribution in [-0.4, -0.2) is 35.8 Å². The zero-order chi connectivity index (χ0) is 13.5. The van der Waals surface area contributed by atoms with Gasteiger partial charge in [0.2, 0.25) is 0 Å². The standard InChI is InChI=1S/C12H23NO4/c1-6-8-9-13(10(14)16-7-2)11(15)17-12(3,4)5/h6-9H2,1-5H3. The van der Waals surface area contributed by atoms with E-state index in [1.54, 1.807) is 27.7 Å². The van der Waals surface area contributed by atoms with E-state index >= 15 is 0 Å². The summed E-state index contributed by atoms with van der Waals surface area (Å²) in [5.74, 6) is 0. The van der Waals surface area contributed by atoms with Crippen LogP contribution in [0.2, 0.25) is 0 Å². The molecular formula is C12H23NO4. The summed E-state index contributed by atoms with van der Waals surface area (Å²) in [6.45, 7) is 9.52. The molecular weight excluding hydrogens is 222 g/mol. The summed E-state index contributed by atoms with van der Waals surface area (Å²) in [6.07, 6.45) is 0.330. The zero-order valence-corrected chi connectivity index (χ0v) is 11.4. The largest absolute Gasteiger partial charge is 0.449 e. The van der Waals surface area contributed by atoms with Gasteiger partial charge in [0.25, 0.3) is 0 Å². The number of hydrogen-bond donors (Lipinski definition) is 0. The lowest BCUT2D eigenvalue weighted by molar-refractivity contribution is 0.0224. The van der Waals surface area contributed by atoms with Gasteiger partial charge in [0, 0.05) is 6.54 Å². The minimum absolute atomic E-state index is 0.240. The van der Waals surface area contributed by atoms with E-state index in [2.05, 4.69) is 0 Å². The molecule has 0 saturated heterocycles.